The van der Waals surface area contributed by atoms with Crippen LogP contribution in [0, 0.1) is 12.8 Å². The third kappa shape index (κ3) is 5.43. The molecule has 0 spiro atoms. The van der Waals surface area contributed by atoms with Crippen molar-refractivity contribution in [1.82, 2.24) is 9.55 Å². The quantitative estimate of drug-likeness (QED) is 0.556. The van der Waals surface area contributed by atoms with E-state index in [-0.39, 0.29) is 29.6 Å². The van der Waals surface area contributed by atoms with Crippen LogP contribution in [0.4, 0.5) is 5.82 Å². The lowest BCUT2D eigenvalue weighted by atomic mass is 9.97. The highest BCUT2D eigenvalue weighted by molar-refractivity contribution is 5.35. The van der Waals surface area contributed by atoms with Gasteiger partial charge in [-0.25, -0.2) is 4.79 Å². The van der Waals surface area contributed by atoms with E-state index in [1.165, 1.54) is 0 Å². The van der Waals surface area contributed by atoms with Gasteiger partial charge in [-0.15, -0.1) is 0 Å². The van der Waals surface area contributed by atoms with Gasteiger partial charge in [-0.05, 0) is 18.1 Å². The monoisotopic (exact) mass is 435 g/mol. The van der Waals surface area contributed by atoms with Crippen LogP contribution in [0.1, 0.15) is 22.7 Å². The minimum Gasteiger partial charge on any atom is -0.383 e. The Kier molecular flexibility index (Phi) is 7.32. The summed E-state index contributed by atoms with van der Waals surface area (Å²) in [6.07, 6.45) is 1.57. The number of aryl methyl sites for hydroxylation is 1. The minimum absolute atomic E-state index is 0.0583. The van der Waals surface area contributed by atoms with Crippen LogP contribution >= 0.6 is 0 Å². The minimum atomic E-state index is -0.374. The number of nitrogens with zero attached hydrogens (tertiary/aromatic N) is 2. The van der Waals surface area contributed by atoms with Gasteiger partial charge in [0.2, 0.25) is 0 Å². The molecule has 3 unspecified atom stereocenters. The summed E-state index contributed by atoms with van der Waals surface area (Å²) in [5, 5.41) is 0. The summed E-state index contributed by atoms with van der Waals surface area (Å²) in [6.45, 7) is 4.09. The molecule has 2 heterocycles. The molecule has 32 heavy (non-hydrogen) atoms. The van der Waals surface area contributed by atoms with Gasteiger partial charge in [0.1, 0.15) is 5.82 Å². The summed E-state index contributed by atoms with van der Waals surface area (Å²) >= 11 is 0. The van der Waals surface area contributed by atoms with Gasteiger partial charge < -0.3 is 19.9 Å². The van der Waals surface area contributed by atoms with Gasteiger partial charge in [0.05, 0.1) is 45.2 Å². The van der Waals surface area contributed by atoms with Crippen LogP contribution in [0.3, 0.4) is 0 Å². The number of nitrogen functional groups attached to an aromatic ring is 1. The fourth-order valence-corrected chi connectivity index (χ4v) is 3.96. The first-order chi connectivity index (χ1) is 15.6. The second-order valence-corrected chi connectivity index (χ2v) is 8.10. The fraction of sp³-hybridized carbons (Fsp3) is 0.360. The molecule has 2 aromatic carbocycles. The molecular weight excluding hydrogens is 406 g/mol. The molecule has 2 N–H and O–H groups in total. The number of hydrogen-bond acceptors (Lipinski definition) is 6. The van der Waals surface area contributed by atoms with Crippen LogP contribution in [-0.2, 0) is 27.4 Å². The Morgan fingerprint density at radius 2 is 1.59 bits per heavy atom. The topological polar surface area (TPSA) is 88.6 Å². The van der Waals surface area contributed by atoms with E-state index in [1.54, 1.807) is 10.8 Å². The molecular formula is C25H29N3O4. The molecule has 4 rings (SSSR count). The number of benzene rings is 2. The van der Waals surface area contributed by atoms with Crippen LogP contribution in [0.5, 0.6) is 0 Å². The summed E-state index contributed by atoms with van der Waals surface area (Å²) in [5.41, 5.74) is 8.41. The van der Waals surface area contributed by atoms with Crippen molar-refractivity contribution in [2.24, 2.45) is 5.92 Å². The highest BCUT2D eigenvalue weighted by Gasteiger charge is 2.39. The van der Waals surface area contributed by atoms with Crippen molar-refractivity contribution in [3.63, 3.8) is 0 Å². The van der Waals surface area contributed by atoms with Gasteiger partial charge in [0.15, 0.2) is 0 Å². The number of hydrogen-bond donors (Lipinski definition) is 1. The Labute approximate surface area is 187 Å². The maximum absolute atomic E-state index is 12.6. The average Bonchev–Trinajstić information content (AvgIpc) is 3.20. The molecule has 1 aliphatic rings. The zero-order valence-electron chi connectivity index (χ0n) is 18.2. The van der Waals surface area contributed by atoms with Crippen LogP contribution in [0.2, 0.25) is 0 Å². The van der Waals surface area contributed by atoms with Gasteiger partial charge in [-0.1, -0.05) is 60.7 Å². The zero-order chi connectivity index (χ0) is 22.3. The molecule has 0 saturated carbocycles. The molecule has 1 saturated heterocycles. The first kappa shape index (κ1) is 22.2. The molecule has 0 amide bonds. The lowest BCUT2D eigenvalue weighted by Gasteiger charge is -2.24. The summed E-state index contributed by atoms with van der Waals surface area (Å²) in [4.78, 5) is 16.5. The first-order valence-corrected chi connectivity index (χ1v) is 10.8. The highest BCUT2D eigenvalue weighted by atomic mass is 16.5. The van der Waals surface area contributed by atoms with E-state index in [0.29, 0.717) is 33.0 Å². The lowest BCUT2D eigenvalue weighted by Crippen LogP contribution is -2.36. The second kappa shape index (κ2) is 10.5. The van der Waals surface area contributed by atoms with Crippen LogP contribution in [0.15, 0.2) is 71.7 Å². The van der Waals surface area contributed by atoms with Gasteiger partial charge in [-0.2, -0.15) is 4.98 Å². The van der Waals surface area contributed by atoms with Crippen LogP contribution in [-0.4, -0.2) is 35.5 Å². The fourth-order valence-electron chi connectivity index (χ4n) is 3.96. The van der Waals surface area contributed by atoms with E-state index in [1.807, 2.05) is 67.6 Å². The molecule has 7 heteroatoms. The molecule has 7 nitrogen and oxygen atoms in total. The SMILES string of the molecule is Cc1cn(C2COC(COCc3ccccc3)C2COCc2ccccc2)c(=O)nc1N. The van der Waals surface area contributed by atoms with Crippen LogP contribution in [0.25, 0.3) is 0 Å². The average molecular weight is 436 g/mol. The van der Waals surface area contributed by atoms with Gasteiger partial charge in [0.25, 0.3) is 0 Å². The smallest absolute Gasteiger partial charge is 0.349 e. The Hall–Kier alpha value is -3.00. The van der Waals surface area contributed by atoms with Gasteiger partial charge in [-0.3, -0.25) is 4.57 Å². The predicted octanol–water partition coefficient (Wildman–Crippen LogP) is 3.12. The maximum atomic E-state index is 12.6. The molecule has 1 aliphatic heterocycles. The summed E-state index contributed by atoms with van der Waals surface area (Å²) in [5.74, 6) is 0.196. The largest absolute Gasteiger partial charge is 0.383 e. The van der Waals surface area contributed by atoms with E-state index in [2.05, 4.69) is 4.98 Å². The maximum Gasteiger partial charge on any atom is 0.349 e. The molecule has 168 valence electrons. The van der Waals surface area contributed by atoms with Gasteiger partial charge >= 0.3 is 5.69 Å². The molecule has 3 atom stereocenters. The molecule has 0 bridgehead atoms. The molecule has 0 aliphatic carbocycles. The van der Waals surface area contributed by atoms with Crippen molar-refractivity contribution in [2.75, 3.05) is 25.6 Å². The molecule has 1 fully saturated rings. The third-order valence-corrected chi connectivity index (χ3v) is 5.80. The third-order valence-electron chi connectivity index (χ3n) is 5.80. The number of anilines is 1. The van der Waals surface area contributed by atoms with Crippen molar-refractivity contribution >= 4 is 5.82 Å². The van der Waals surface area contributed by atoms with Crippen molar-refractivity contribution in [2.45, 2.75) is 32.3 Å². The number of aromatic nitrogens is 2. The second-order valence-electron chi connectivity index (χ2n) is 8.10. The zero-order valence-corrected chi connectivity index (χ0v) is 18.2. The standard InChI is InChI=1S/C25H29N3O4/c1-18-12-28(25(29)27-24(18)26)22-16-32-23(17-31-14-20-10-6-3-7-11-20)21(22)15-30-13-19-8-4-2-5-9-19/h2-12,21-23H,13-17H2,1H3,(H2,26,27,29). The number of rotatable bonds is 9. The van der Waals surface area contributed by atoms with E-state index in [0.717, 1.165) is 16.7 Å². The molecule has 3 aromatic rings. The van der Waals surface area contributed by atoms with Crippen molar-refractivity contribution in [1.29, 1.82) is 0 Å². The van der Waals surface area contributed by atoms with E-state index in [9.17, 15) is 4.79 Å². The van der Waals surface area contributed by atoms with Gasteiger partial charge in [0, 0.05) is 17.7 Å². The number of ether oxygens (including phenoxy) is 3. The number of nitrogens with two attached hydrogens (primary N) is 1. The highest BCUT2D eigenvalue weighted by Crippen LogP contribution is 2.32. The van der Waals surface area contributed by atoms with Crippen molar-refractivity contribution < 1.29 is 14.2 Å². The Balaban J connectivity index is 1.46. The Bertz CT molecular complexity index is 1060. The predicted molar refractivity (Wildman–Crippen MR) is 122 cm³/mol. The van der Waals surface area contributed by atoms with Crippen LogP contribution < -0.4 is 11.4 Å². The molecule has 1 aromatic heterocycles. The van der Waals surface area contributed by atoms with E-state index < -0.39 is 0 Å². The van der Waals surface area contributed by atoms with E-state index >= 15 is 0 Å². The summed E-state index contributed by atoms with van der Waals surface area (Å²) in [6, 6.07) is 19.8. The molecule has 0 radical (unpaired) electrons. The van der Waals surface area contributed by atoms with Crippen molar-refractivity contribution in [3.8, 4) is 0 Å². The normalized spacial score (nSPS) is 20.5. The Morgan fingerprint density at radius 3 is 2.22 bits per heavy atom. The summed E-state index contributed by atoms with van der Waals surface area (Å²) < 4.78 is 19.7. The lowest BCUT2D eigenvalue weighted by molar-refractivity contribution is -0.0240. The van der Waals surface area contributed by atoms with E-state index in [4.69, 9.17) is 19.9 Å². The Morgan fingerprint density at radius 1 is 1.00 bits per heavy atom. The first-order valence-electron chi connectivity index (χ1n) is 10.8. The summed E-state index contributed by atoms with van der Waals surface area (Å²) in [7, 11) is 0. The van der Waals surface area contributed by atoms with Crippen molar-refractivity contribution in [3.05, 3.63) is 94.0 Å².